The SMILES string of the molecule is CNC(=O)N(CC(=O)O)c1ccc(O)cc1. The van der Waals surface area contributed by atoms with E-state index in [2.05, 4.69) is 5.32 Å². The summed E-state index contributed by atoms with van der Waals surface area (Å²) in [6.45, 7) is -0.440. The zero-order chi connectivity index (χ0) is 12.1. The number of rotatable bonds is 3. The molecule has 0 saturated carbocycles. The Morgan fingerprint density at radius 3 is 2.31 bits per heavy atom. The number of urea groups is 1. The number of carbonyl (C=O) groups is 2. The van der Waals surface area contributed by atoms with Crippen LogP contribution in [-0.4, -0.2) is 35.8 Å². The molecule has 2 amide bonds. The van der Waals surface area contributed by atoms with Crippen molar-refractivity contribution in [2.75, 3.05) is 18.5 Å². The number of phenolic OH excluding ortho intramolecular Hbond substituents is 1. The molecule has 0 unspecified atom stereocenters. The fourth-order valence-electron chi connectivity index (χ4n) is 1.18. The lowest BCUT2D eigenvalue weighted by atomic mass is 10.3. The molecule has 0 aromatic heterocycles. The highest BCUT2D eigenvalue weighted by Crippen LogP contribution is 2.18. The molecule has 86 valence electrons. The number of hydrogen-bond acceptors (Lipinski definition) is 3. The third kappa shape index (κ3) is 2.88. The van der Waals surface area contributed by atoms with Gasteiger partial charge in [-0.05, 0) is 24.3 Å². The van der Waals surface area contributed by atoms with E-state index in [1.54, 1.807) is 0 Å². The van der Waals surface area contributed by atoms with E-state index in [9.17, 15) is 9.59 Å². The summed E-state index contributed by atoms with van der Waals surface area (Å²) in [6.07, 6.45) is 0. The Hall–Kier alpha value is -2.24. The number of carbonyl (C=O) groups excluding carboxylic acids is 1. The summed E-state index contributed by atoms with van der Waals surface area (Å²) in [6, 6.07) is 5.18. The summed E-state index contributed by atoms with van der Waals surface area (Å²) in [5.41, 5.74) is 0.402. The van der Waals surface area contributed by atoms with Crippen LogP contribution in [0.2, 0.25) is 0 Å². The number of phenols is 1. The molecule has 6 heteroatoms. The third-order valence-corrected chi connectivity index (χ3v) is 1.91. The molecule has 0 heterocycles. The van der Waals surface area contributed by atoms with Crippen LogP contribution in [0.5, 0.6) is 5.75 Å². The van der Waals surface area contributed by atoms with Crippen molar-refractivity contribution in [3.8, 4) is 5.75 Å². The topological polar surface area (TPSA) is 89.9 Å². The normalized spacial score (nSPS) is 9.56. The van der Waals surface area contributed by atoms with Crippen molar-refractivity contribution in [2.24, 2.45) is 0 Å². The molecular weight excluding hydrogens is 212 g/mol. The van der Waals surface area contributed by atoms with Crippen molar-refractivity contribution in [1.29, 1.82) is 0 Å². The molecule has 0 aliphatic carbocycles. The Morgan fingerprint density at radius 1 is 1.31 bits per heavy atom. The van der Waals surface area contributed by atoms with E-state index < -0.39 is 18.5 Å². The first-order valence-electron chi connectivity index (χ1n) is 4.54. The van der Waals surface area contributed by atoms with Gasteiger partial charge < -0.3 is 15.5 Å². The van der Waals surface area contributed by atoms with Gasteiger partial charge in [-0.25, -0.2) is 4.79 Å². The minimum absolute atomic E-state index is 0.0518. The lowest BCUT2D eigenvalue weighted by Crippen LogP contribution is -2.41. The number of aromatic hydroxyl groups is 1. The fourth-order valence-corrected chi connectivity index (χ4v) is 1.18. The van der Waals surface area contributed by atoms with Gasteiger partial charge in [-0.15, -0.1) is 0 Å². The Kier molecular flexibility index (Phi) is 3.71. The Labute approximate surface area is 92.1 Å². The van der Waals surface area contributed by atoms with E-state index in [1.807, 2.05) is 0 Å². The van der Waals surface area contributed by atoms with Gasteiger partial charge in [0.05, 0.1) is 0 Å². The average molecular weight is 224 g/mol. The Morgan fingerprint density at radius 2 is 1.88 bits per heavy atom. The van der Waals surface area contributed by atoms with Crippen LogP contribution in [0, 0.1) is 0 Å². The maximum absolute atomic E-state index is 11.4. The monoisotopic (exact) mass is 224 g/mol. The second kappa shape index (κ2) is 5.01. The van der Waals surface area contributed by atoms with E-state index in [4.69, 9.17) is 10.2 Å². The number of carboxylic acid groups (broad SMARTS) is 1. The molecule has 0 radical (unpaired) electrons. The number of hydrogen-bond donors (Lipinski definition) is 3. The van der Waals surface area contributed by atoms with E-state index in [1.165, 1.54) is 31.3 Å². The van der Waals surface area contributed by atoms with Crippen LogP contribution >= 0.6 is 0 Å². The molecule has 1 aromatic rings. The summed E-state index contributed by atoms with van der Waals surface area (Å²) in [5, 5.41) is 20.1. The van der Waals surface area contributed by atoms with Gasteiger partial charge >= 0.3 is 12.0 Å². The number of anilines is 1. The molecule has 3 N–H and O–H groups in total. The number of benzene rings is 1. The van der Waals surface area contributed by atoms with E-state index in [0.717, 1.165) is 4.90 Å². The number of aliphatic carboxylic acids is 1. The van der Waals surface area contributed by atoms with Crippen molar-refractivity contribution in [3.05, 3.63) is 24.3 Å². The smallest absolute Gasteiger partial charge is 0.323 e. The van der Waals surface area contributed by atoms with Gasteiger partial charge in [-0.2, -0.15) is 0 Å². The molecule has 0 saturated heterocycles. The van der Waals surface area contributed by atoms with Gasteiger partial charge in [-0.3, -0.25) is 9.69 Å². The molecule has 16 heavy (non-hydrogen) atoms. The minimum Gasteiger partial charge on any atom is -0.508 e. The summed E-state index contributed by atoms with van der Waals surface area (Å²) in [4.78, 5) is 23.1. The van der Waals surface area contributed by atoms with Crippen LogP contribution in [0.3, 0.4) is 0 Å². The zero-order valence-corrected chi connectivity index (χ0v) is 8.67. The first-order chi connectivity index (χ1) is 7.54. The highest BCUT2D eigenvalue weighted by Gasteiger charge is 2.17. The van der Waals surface area contributed by atoms with Gasteiger partial charge in [-0.1, -0.05) is 0 Å². The quantitative estimate of drug-likeness (QED) is 0.702. The molecule has 1 rings (SSSR count). The predicted octanol–water partition coefficient (Wildman–Crippen LogP) is 0.623. The van der Waals surface area contributed by atoms with Crippen LogP contribution in [0.4, 0.5) is 10.5 Å². The Bertz CT molecular complexity index is 388. The highest BCUT2D eigenvalue weighted by molar-refractivity contribution is 5.96. The van der Waals surface area contributed by atoms with Crippen molar-refractivity contribution in [1.82, 2.24) is 5.32 Å². The number of carboxylic acids is 1. The van der Waals surface area contributed by atoms with Gasteiger partial charge in [0.1, 0.15) is 12.3 Å². The molecule has 1 aromatic carbocycles. The second-order valence-corrected chi connectivity index (χ2v) is 3.05. The van der Waals surface area contributed by atoms with E-state index >= 15 is 0 Å². The molecule has 0 bridgehead atoms. The second-order valence-electron chi connectivity index (χ2n) is 3.05. The van der Waals surface area contributed by atoms with Crippen molar-refractivity contribution < 1.29 is 19.8 Å². The first-order valence-corrected chi connectivity index (χ1v) is 4.54. The first kappa shape index (κ1) is 11.8. The fraction of sp³-hybridized carbons (Fsp3) is 0.200. The highest BCUT2D eigenvalue weighted by atomic mass is 16.4. The van der Waals surface area contributed by atoms with Crippen LogP contribution in [0.15, 0.2) is 24.3 Å². The third-order valence-electron chi connectivity index (χ3n) is 1.91. The van der Waals surface area contributed by atoms with E-state index in [-0.39, 0.29) is 5.75 Å². The Balaban J connectivity index is 2.96. The molecule has 0 aliphatic rings. The zero-order valence-electron chi connectivity index (χ0n) is 8.67. The van der Waals surface area contributed by atoms with Gasteiger partial charge in [0.25, 0.3) is 0 Å². The van der Waals surface area contributed by atoms with Crippen LogP contribution in [0.25, 0.3) is 0 Å². The summed E-state index contributed by atoms with van der Waals surface area (Å²) >= 11 is 0. The summed E-state index contributed by atoms with van der Waals surface area (Å²) < 4.78 is 0. The molecule has 0 spiro atoms. The van der Waals surface area contributed by atoms with E-state index in [0.29, 0.717) is 5.69 Å². The predicted molar refractivity (Wildman–Crippen MR) is 57.5 cm³/mol. The average Bonchev–Trinajstić information content (AvgIpc) is 2.26. The standard InChI is InChI=1S/C10H12N2O4/c1-11-10(16)12(6-9(14)15)7-2-4-8(13)5-3-7/h2-5,13H,6H2,1H3,(H,11,16)(H,14,15). The molecule has 0 fully saturated rings. The van der Waals surface area contributed by atoms with Crippen molar-refractivity contribution in [2.45, 2.75) is 0 Å². The maximum atomic E-state index is 11.4. The van der Waals surface area contributed by atoms with Gasteiger partial charge in [0.2, 0.25) is 0 Å². The number of nitrogens with one attached hydrogen (secondary N) is 1. The molecule has 0 atom stereocenters. The largest absolute Gasteiger partial charge is 0.508 e. The summed E-state index contributed by atoms with van der Waals surface area (Å²) in [5.74, 6) is -1.06. The maximum Gasteiger partial charge on any atom is 0.323 e. The lowest BCUT2D eigenvalue weighted by Gasteiger charge is -2.20. The summed E-state index contributed by atoms with van der Waals surface area (Å²) in [7, 11) is 1.41. The van der Waals surface area contributed by atoms with Crippen LogP contribution in [0.1, 0.15) is 0 Å². The molecule has 0 aliphatic heterocycles. The number of amides is 2. The molecule has 6 nitrogen and oxygen atoms in total. The van der Waals surface area contributed by atoms with Crippen molar-refractivity contribution >= 4 is 17.7 Å². The number of nitrogens with zero attached hydrogens (tertiary/aromatic N) is 1. The van der Waals surface area contributed by atoms with Crippen LogP contribution in [-0.2, 0) is 4.79 Å². The lowest BCUT2D eigenvalue weighted by molar-refractivity contribution is -0.135. The minimum atomic E-state index is -1.11. The van der Waals surface area contributed by atoms with Gasteiger partial charge in [0, 0.05) is 12.7 Å². The molecular formula is C10H12N2O4. The van der Waals surface area contributed by atoms with Crippen LogP contribution < -0.4 is 10.2 Å². The van der Waals surface area contributed by atoms with Gasteiger partial charge in [0.15, 0.2) is 0 Å². The van der Waals surface area contributed by atoms with Crippen molar-refractivity contribution in [3.63, 3.8) is 0 Å².